The Kier molecular flexibility index (Phi) is 39.5. The number of carbonyl (C=O) groups is 14. The summed E-state index contributed by atoms with van der Waals surface area (Å²) in [5.41, 5.74) is 4.59. The third-order valence-electron chi connectivity index (χ3n) is 20.7. The van der Waals surface area contributed by atoms with Crippen molar-refractivity contribution < 1.29 is 133 Å². The molecule has 2 atom stereocenters. The normalized spacial score (nSPS) is 15.0. The first kappa shape index (κ1) is 102. The molecule has 0 unspecified atom stereocenters. The van der Waals surface area contributed by atoms with Crippen LogP contribution in [-0.4, -0.2) is 221 Å². The number of hydrogen-bond donors (Lipinski definition) is 7. The van der Waals surface area contributed by atoms with Crippen LogP contribution in [0.15, 0.2) is 94.8 Å². The van der Waals surface area contributed by atoms with Crippen molar-refractivity contribution in [3.05, 3.63) is 128 Å². The van der Waals surface area contributed by atoms with E-state index >= 15 is 0 Å². The van der Waals surface area contributed by atoms with Crippen LogP contribution in [0.3, 0.4) is 0 Å². The van der Waals surface area contributed by atoms with Crippen LogP contribution < -0.4 is 61.9 Å². The van der Waals surface area contributed by atoms with Gasteiger partial charge in [-0.2, -0.15) is 23.1 Å². The molecule has 4 aromatic heterocycles. The zero-order valence-electron chi connectivity index (χ0n) is 71.1. The fourth-order valence-corrected chi connectivity index (χ4v) is 13.8. The van der Waals surface area contributed by atoms with Crippen LogP contribution in [-0.2, 0) is 99.0 Å². The number of nitrogens with two attached hydrogens (primary N) is 1. The molecule has 0 radical (unpaired) electrons. The van der Waals surface area contributed by atoms with E-state index in [4.69, 9.17) is 34.2 Å². The molecule has 6 aromatic rings. The Hall–Kier alpha value is -12.1. The molecule has 43 heteroatoms. The van der Waals surface area contributed by atoms with Crippen LogP contribution in [0.25, 0.3) is 22.3 Å². The van der Waals surface area contributed by atoms with Crippen molar-refractivity contribution in [1.82, 2.24) is 60.3 Å². The number of methoxy groups -OCH3 is 2. The van der Waals surface area contributed by atoms with Gasteiger partial charge in [-0.3, -0.25) is 97.1 Å². The second kappa shape index (κ2) is 49.2. The Morgan fingerprint density at radius 3 is 1.34 bits per heavy atom. The van der Waals surface area contributed by atoms with Crippen molar-refractivity contribution in [2.45, 2.75) is 211 Å². The fraction of sp³-hybridized carbons (Fsp3) is 0.500. The van der Waals surface area contributed by atoms with Gasteiger partial charge in [-0.15, -0.1) is 0 Å². The van der Waals surface area contributed by atoms with Crippen molar-refractivity contribution in [2.75, 3.05) is 75.0 Å². The van der Waals surface area contributed by atoms with E-state index < -0.39 is 113 Å². The van der Waals surface area contributed by atoms with Crippen molar-refractivity contribution in [2.24, 2.45) is 5.92 Å². The first-order valence-electron chi connectivity index (χ1n) is 41.1. The maximum atomic E-state index is 13.8. The zero-order valence-corrected chi connectivity index (χ0v) is 71.1. The third kappa shape index (κ3) is 30.9. The second-order valence-electron chi connectivity index (χ2n) is 30.3. The van der Waals surface area contributed by atoms with E-state index in [2.05, 4.69) is 61.1 Å². The van der Waals surface area contributed by atoms with Crippen molar-refractivity contribution in [3.8, 4) is 0 Å². The Morgan fingerprint density at radius 1 is 0.528 bits per heavy atom. The minimum atomic E-state index is -5.35. The van der Waals surface area contributed by atoms with Crippen LogP contribution in [0, 0.1) is 5.92 Å². The van der Waals surface area contributed by atoms with E-state index in [0.29, 0.717) is 80.9 Å². The smallest absolute Gasteiger partial charge is 0.870 e. The van der Waals surface area contributed by atoms with Crippen molar-refractivity contribution in [1.29, 1.82) is 0 Å². The number of aromatic nitrogens is 8. The summed E-state index contributed by atoms with van der Waals surface area (Å²) in [4.78, 5) is 230. The average Bonchev–Trinajstić information content (AvgIpc) is 1.48. The van der Waals surface area contributed by atoms with E-state index in [1.807, 2.05) is 0 Å². The molecular formula is C84H102F3LiN16O23. The second-order valence-corrected chi connectivity index (χ2v) is 30.3. The number of imide groups is 2. The fourth-order valence-electron chi connectivity index (χ4n) is 13.8. The quantitative estimate of drug-likeness (QED) is 0.00942. The van der Waals surface area contributed by atoms with Gasteiger partial charge in [0, 0.05) is 143 Å². The number of H-pyrrole nitrogens is 2. The number of Topliss-reactive ketones (excluding diaryl/α,β-unsaturated/α-hetero) is 4. The van der Waals surface area contributed by atoms with Crippen LogP contribution in [0.1, 0.15) is 200 Å². The summed E-state index contributed by atoms with van der Waals surface area (Å²) in [6, 6.07) is 8.58. The van der Waals surface area contributed by atoms with E-state index in [1.54, 1.807) is 38.1 Å². The summed E-state index contributed by atoms with van der Waals surface area (Å²) in [5, 5.41) is 10.7. The molecule has 0 saturated heterocycles. The van der Waals surface area contributed by atoms with Gasteiger partial charge in [0.2, 0.25) is 17.8 Å². The number of alkyl halides is 3. The van der Waals surface area contributed by atoms with Crippen molar-refractivity contribution in [3.63, 3.8) is 0 Å². The van der Waals surface area contributed by atoms with E-state index in [0.717, 1.165) is 85.9 Å². The number of aromatic amines is 2. The van der Waals surface area contributed by atoms with Crippen LogP contribution in [0.4, 0.5) is 36.4 Å². The summed E-state index contributed by atoms with van der Waals surface area (Å²) >= 11 is 0. The Labute approximate surface area is 738 Å². The predicted molar refractivity (Wildman–Crippen MR) is 442 cm³/mol. The Balaban J connectivity index is 0.000000348. The number of ether oxygens (including phenoxy) is 6. The SMILES string of the molecule is COC(=O)[C@H](CCC(=O)CCCOC1(OCCCC(=O)CCN2C(=O)C=CC2=O)CCCCC1)NC(=O)c1ccc(N(Cc2cnc3nc(NC(=O)C(C)C)[nH]c(=O)c3n2)C(=O)C(F)(F)F)cc1.COC(=O)[C@H](CCC(=O)CCCOC1(OCCCC(=O)CCN2C(=O)C=CC2=O)CCCCC1)NC(=O)c1ccc(NCc2cnc3nc(N)[nH]c(=O)c3n2)cc1.[Li+].[OH-]. The number of benzene rings is 2. The number of rotatable bonds is 46. The maximum Gasteiger partial charge on any atom is 1.00 e. The molecule has 8 amide bonds. The number of nitrogens with one attached hydrogen (secondary N) is 6. The van der Waals surface area contributed by atoms with E-state index in [-0.39, 0.29) is 201 Å². The summed E-state index contributed by atoms with van der Waals surface area (Å²) in [5.74, 6) is -10.1. The monoisotopic (exact) mass is 1770 g/mol. The maximum absolute atomic E-state index is 13.8. The number of nitrogen functional groups attached to an aromatic ring is 1. The Morgan fingerprint density at radius 2 is 0.921 bits per heavy atom. The number of carbonyl (C=O) groups excluding carboxylic acids is 14. The molecule has 9 N–H and O–H groups in total. The Bertz CT molecular complexity index is 5080. The number of halogens is 3. The first-order valence-corrected chi connectivity index (χ1v) is 41.1. The van der Waals surface area contributed by atoms with Gasteiger partial charge in [-0.1, -0.05) is 26.7 Å². The van der Waals surface area contributed by atoms with Gasteiger partial charge in [0.1, 0.15) is 35.2 Å². The topological polar surface area (TPSA) is 551 Å². The molecule has 2 aliphatic heterocycles. The van der Waals surface area contributed by atoms with Crippen LogP contribution in [0.5, 0.6) is 0 Å². The number of anilines is 4. The van der Waals surface area contributed by atoms with Gasteiger partial charge in [0.15, 0.2) is 33.9 Å². The summed E-state index contributed by atoms with van der Waals surface area (Å²) in [7, 11) is 2.31. The molecule has 0 spiro atoms. The summed E-state index contributed by atoms with van der Waals surface area (Å²) in [6.07, 6.45) is 12.7. The number of nitrogens with zero attached hydrogens (tertiary/aromatic N) is 9. The molecule has 2 aliphatic carbocycles. The molecule has 6 heterocycles. The van der Waals surface area contributed by atoms with Crippen LogP contribution >= 0.6 is 0 Å². The summed E-state index contributed by atoms with van der Waals surface area (Å²) in [6.45, 7) is 3.81. The molecule has 39 nitrogen and oxygen atoms in total. The largest absolute Gasteiger partial charge is 1.00 e. The molecule has 2 aromatic carbocycles. The molecule has 678 valence electrons. The van der Waals surface area contributed by atoms with Gasteiger partial charge >= 0.3 is 42.9 Å². The first-order chi connectivity index (χ1) is 59.7. The number of esters is 2. The average molecular weight is 1770 g/mol. The standard InChI is InChI=1S/C45H53F3N8O12.C39H48N8O10.Li.H2O/c1-27(2)38(61)53-43-52-37-36(40(63)54-43)50-29(25-49-37)26-56(42(65)45(46,47)48)30-13-11-28(12-14-30)39(62)51-33(41(64)66-3)16-15-31(57)9-7-23-67-44(20-5-4-6-21-44)68-24-8-10-32(58)19-22-55-34(59)17-18-35(55)60;1-55-37(54)30(44-35(52)25-9-11-26(12-10-25)41-23-27-24-42-34-33(43-27)36(53)46-38(40)45-34)14-13-28(48)7-5-21-56-39(18-3-2-4-19-39)57-22-6-8-29(49)17-20-47-31(50)15-16-32(47)51;;/h11-14,17-18,25,27,33H,4-10,15-16,19-24,26H2,1-3H3,(H,51,62)(H2,49,52,53,54,61,63);9-12,15-16,24,30,41H,2-8,13-14,17-23H2,1H3,(H,44,52)(H3,40,42,45,46,53);;1H2/q;;+1;/p-1/t33-;30-;;/m00../s1. The molecule has 2 saturated carbocycles. The van der Waals surface area contributed by atoms with E-state index in [9.17, 15) is 89.9 Å². The molecule has 2 fully saturated rings. The van der Waals surface area contributed by atoms with Gasteiger partial charge in [-0.05, 0) is 113 Å². The molecule has 10 rings (SSSR count). The van der Waals surface area contributed by atoms with Crippen LogP contribution in [0.2, 0.25) is 0 Å². The number of amides is 8. The number of ketones is 4. The predicted octanol–water partition coefficient (Wildman–Crippen LogP) is 3.66. The minimum Gasteiger partial charge on any atom is -0.870 e. The minimum absolute atomic E-state index is 0. The van der Waals surface area contributed by atoms with E-state index in [1.165, 1.54) is 37.6 Å². The molecule has 4 aliphatic rings. The van der Waals surface area contributed by atoms with Gasteiger partial charge in [0.05, 0.1) is 77.5 Å². The molecule has 127 heavy (non-hydrogen) atoms. The number of fused-ring (bicyclic) bond motifs is 2. The molecular weight excluding hydrogens is 1660 g/mol. The summed E-state index contributed by atoms with van der Waals surface area (Å²) < 4.78 is 75.9. The number of hydrogen-bond acceptors (Lipinski definition) is 31. The van der Waals surface area contributed by atoms with Crippen molar-refractivity contribution >= 4 is 128 Å². The van der Waals surface area contributed by atoms with Gasteiger partial charge < -0.3 is 55.6 Å². The zero-order chi connectivity index (χ0) is 90.4. The third-order valence-corrected chi connectivity index (χ3v) is 20.7. The van der Waals surface area contributed by atoms with Gasteiger partial charge in [0.25, 0.3) is 46.6 Å². The van der Waals surface area contributed by atoms with Gasteiger partial charge in [-0.25, -0.2) is 29.5 Å². The molecule has 0 bridgehead atoms.